The van der Waals surface area contributed by atoms with Crippen LogP contribution in [0.1, 0.15) is 12.5 Å². The predicted molar refractivity (Wildman–Crippen MR) is 107 cm³/mol. The number of carbonyl (C=O) groups excluding carboxylic acids is 1. The second-order valence-corrected chi connectivity index (χ2v) is 6.54. The number of ether oxygens (including phenoxy) is 2. The molecule has 0 aromatic heterocycles. The first-order valence-electron chi connectivity index (χ1n) is 7.81. The summed E-state index contributed by atoms with van der Waals surface area (Å²) in [5.74, 6) is -0.0239. The Morgan fingerprint density at radius 2 is 2.11 bits per heavy atom. The zero-order valence-corrected chi connectivity index (χ0v) is 16.9. The van der Waals surface area contributed by atoms with E-state index in [2.05, 4.69) is 21.2 Å². The molecule has 0 radical (unpaired) electrons. The van der Waals surface area contributed by atoms with Crippen molar-refractivity contribution in [3.8, 4) is 23.3 Å². The van der Waals surface area contributed by atoms with E-state index in [1.54, 1.807) is 25.1 Å². The lowest BCUT2D eigenvalue weighted by atomic mass is 10.1. The lowest BCUT2D eigenvalue weighted by molar-refractivity contribution is -0.112. The first kappa shape index (κ1) is 20.6. The van der Waals surface area contributed by atoms with Crippen molar-refractivity contribution in [3.05, 3.63) is 51.0 Å². The molecule has 6 nitrogen and oxygen atoms in total. The number of nitrogens with one attached hydrogen (secondary N) is 1. The summed E-state index contributed by atoms with van der Waals surface area (Å²) in [6.07, 6.45) is 1.39. The van der Waals surface area contributed by atoms with Gasteiger partial charge in [-0.2, -0.15) is 5.26 Å². The topological polar surface area (TPSA) is 91.6 Å². The second-order valence-electron chi connectivity index (χ2n) is 5.25. The molecule has 0 aliphatic rings. The number of halogens is 2. The summed E-state index contributed by atoms with van der Waals surface area (Å²) in [5.41, 5.74) is 0.711. The Bertz CT molecular complexity index is 938. The van der Waals surface area contributed by atoms with Gasteiger partial charge in [0.2, 0.25) is 0 Å². The molecular weight excluding hydrogens is 436 g/mol. The summed E-state index contributed by atoms with van der Waals surface area (Å²) in [4.78, 5) is 12.5. The molecule has 0 heterocycles. The van der Waals surface area contributed by atoms with E-state index in [9.17, 15) is 15.2 Å². The maximum Gasteiger partial charge on any atom is 0.266 e. The van der Waals surface area contributed by atoms with E-state index in [0.717, 1.165) is 0 Å². The van der Waals surface area contributed by atoms with E-state index < -0.39 is 5.91 Å². The van der Waals surface area contributed by atoms with Gasteiger partial charge in [-0.25, -0.2) is 0 Å². The first-order chi connectivity index (χ1) is 12.9. The average molecular weight is 452 g/mol. The molecule has 0 fully saturated rings. The van der Waals surface area contributed by atoms with E-state index in [4.69, 9.17) is 21.1 Å². The quantitative estimate of drug-likeness (QED) is 0.488. The SMILES string of the molecule is CCOc1cc(/C=C(\C#N)C(=O)Nc2cc(Cl)ccc2OC)cc(Br)c1O. The van der Waals surface area contributed by atoms with Crippen LogP contribution in [-0.2, 0) is 4.79 Å². The molecule has 0 bridgehead atoms. The fraction of sp³-hybridized carbons (Fsp3) is 0.158. The van der Waals surface area contributed by atoms with Crippen molar-refractivity contribution in [2.75, 3.05) is 19.0 Å². The fourth-order valence-electron chi connectivity index (χ4n) is 2.23. The number of phenols is 1. The number of carbonyl (C=O) groups is 1. The molecule has 2 aromatic rings. The Hall–Kier alpha value is -2.69. The highest BCUT2D eigenvalue weighted by molar-refractivity contribution is 9.10. The summed E-state index contributed by atoms with van der Waals surface area (Å²) in [6.45, 7) is 2.13. The normalized spacial score (nSPS) is 10.9. The van der Waals surface area contributed by atoms with E-state index in [-0.39, 0.29) is 17.1 Å². The van der Waals surface area contributed by atoms with Crippen molar-refractivity contribution in [1.82, 2.24) is 0 Å². The van der Waals surface area contributed by atoms with Gasteiger partial charge in [0.25, 0.3) is 5.91 Å². The molecular formula is C19H16BrClN2O4. The van der Waals surface area contributed by atoms with Crippen LogP contribution >= 0.6 is 27.5 Å². The monoisotopic (exact) mass is 450 g/mol. The standard InChI is InChI=1S/C19H16BrClN2O4/c1-3-27-17-8-11(7-14(20)18(17)24)6-12(10-22)19(25)23-15-9-13(21)4-5-16(15)26-2/h4-9,24H,3H2,1-2H3,(H,23,25)/b12-6+. The Kier molecular flexibility index (Phi) is 7.11. The van der Waals surface area contributed by atoms with Gasteiger partial charge in [0.1, 0.15) is 17.4 Å². The molecule has 0 atom stereocenters. The third kappa shape index (κ3) is 5.16. The smallest absolute Gasteiger partial charge is 0.266 e. The molecule has 0 aliphatic heterocycles. The summed E-state index contributed by atoms with van der Waals surface area (Å²) >= 11 is 9.17. The van der Waals surface area contributed by atoms with Crippen LogP contribution in [0.25, 0.3) is 6.08 Å². The zero-order valence-electron chi connectivity index (χ0n) is 14.5. The summed E-state index contributed by atoms with van der Waals surface area (Å²) in [6, 6.07) is 9.73. The van der Waals surface area contributed by atoms with Crippen LogP contribution < -0.4 is 14.8 Å². The van der Waals surface area contributed by atoms with Crippen molar-refractivity contribution < 1.29 is 19.4 Å². The summed E-state index contributed by atoms with van der Waals surface area (Å²) < 4.78 is 10.9. The molecule has 8 heteroatoms. The Labute approximate surface area is 170 Å². The molecule has 0 aliphatic carbocycles. The van der Waals surface area contributed by atoms with E-state index in [1.165, 1.54) is 25.3 Å². The number of nitriles is 1. The Balaban J connectivity index is 2.35. The number of rotatable bonds is 6. The van der Waals surface area contributed by atoms with Crippen molar-refractivity contribution in [2.24, 2.45) is 0 Å². The predicted octanol–water partition coefficient (Wildman–Crippen LogP) is 4.76. The van der Waals surface area contributed by atoms with Crippen molar-refractivity contribution in [1.29, 1.82) is 5.26 Å². The van der Waals surface area contributed by atoms with Gasteiger partial charge in [-0.15, -0.1) is 0 Å². The molecule has 0 spiro atoms. The third-order valence-corrected chi connectivity index (χ3v) is 4.28. The molecule has 2 aromatic carbocycles. The van der Waals surface area contributed by atoms with E-state index in [1.807, 2.05) is 6.07 Å². The van der Waals surface area contributed by atoms with Gasteiger partial charge >= 0.3 is 0 Å². The number of benzene rings is 2. The van der Waals surface area contributed by atoms with Gasteiger partial charge in [-0.05, 0) is 64.8 Å². The molecule has 2 rings (SSSR count). The lowest BCUT2D eigenvalue weighted by Gasteiger charge is -2.11. The molecule has 140 valence electrons. The largest absolute Gasteiger partial charge is 0.503 e. The van der Waals surface area contributed by atoms with Crippen LogP contribution in [0, 0.1) is 11.3 Å². The van der Waals surface area contributed by atoms with Gasteiger partial charge in [0.15, 0.2) is 11.5 Å². The van der Waals surface area contributed by atoms with E-state index >= 15 is 0 Å². The zero-order chi connectivity index (χ0) is 20.0. The van der Waals surface area contributed by atoms with Crippen LogP contribution in [0.4, 0.5) is 5.69 Å². The van der Waals surface area contributed by atoms with Gasteiger partial charge in [-0.1, -0.05) is 11.6 Å². The highest BCUT2D eigenvalue weighted by Crippen LogP contribution is 2.36. The Morgan fingerprint density at radius 1 is 1.37 bits per heavy atom. The molecule has 0 saturated carbocycles. The fourth-order valence-corrected chi connectivity index (χ4v) is 2.86. The molecule has 0 unspecified atom stereocenters. The van der Waals surface area contributed by atoms with Crippen LogP contribution in [0.2, 0.25) is 5.02 Å². The number of anilines is 1. The van der Waals surface area contributed by atoms with Crippen LogP contribution in [0.5, 0.6) is 17.2 Å². The number of phenolic OH excluding ortho intramolecular Hbond substituents is 1. The number of nitrogens with zero attached hydrogens (tertiary/aromatic N) is 1. The lowest BCUT2D eigenvalue weighted by Crippen LogP contribution is -2.14. The third-order valence-electron chi connectivity index (χ3n) is 3.44. The molecule has 0 saturated heterocycles. The first-order valence-corrected chi connectivity index (χ1v) is 8.98. The van der Waals surface area contributed by atoms with Crippen molar-refractivity contribution in [3.63, 3.8) is 0 Å². The van der Waals surface area contributed by atoms with Gasteiger partial charge < -0.3 is 19.9 Å². The van der Waals surface area contributed by atoms with Crippen LogP contribution in [-0.4, -0.2) is 24.7 Å². The van der Waals surface area contributed by atoms with E-state index in [0.29, 0.717) is 33.1 Å². The van der Waals surface area contributed by atoms with Gasteiger partial charge in [0, 0.05) is 5.02 Å². The maximum atomic E-state index is 12.5. The van der Waals surface area contributed by atoms with Crippen LogP contribution in [0.15, 0.2) is 40.4 Å². The second kappa shape index (κ2) is 9.31. The van der Waals surface area contributed by atoms with Crippen molar-refractivity contribution in [2.45, 2.75) is 6.92 Å². The highest BCUT2D eigenvalue weighted by atomic mass is 79.9. The number of hydrogen-bond acceptors (Lipinski definition) is 5. The molecule has 1 amide bonds. The summed E-state index contributed by atoms with van der Waals surface area (Å²) in [7, 11) is 1.46. The highest BCUT2D eigenvalue weighted by Gasteiger charge is 2.14. The van der Waals surface area contributed by atoms with Crippen LogP contribution in [0.3, 0.4) is 0 Å². The maximum absolute atomic E-state index is 12.5. The number of methoxy groups -OCH3 is 1. The minimum Gasteiger partial charge on any atom is -0.503 e. The molecule has 2 N–H and O–H groups in total. The minimum absolute atomic E-state index is 0.0550. The number of aromatic hydroxyl groups is 1. The number of hydrogen-bond donors (Lipinski definition) is 2. The van der Waals surface area contributed by atoms with Crippen molar-refractivity contribution >= 4 is 45.2 Å². The Morgan fingerprint density at radius 3 is 2.74 bits per heavy atom. The van der Waals surface area contributed by atoms with Gasteiger partial charge in [-0.3, -0.25) is 4.79 Å². The van der Waals surface area contributed by atoms with Gasteiger partial charge in [0.05, 0.1) is 23.9 Å². The molecule has 27 heavy (non-hydrogen) atoms. The average Bonchev–Trinajstić information content (AvgIpc) is 2.64. The number of amides is 1. The summed E-state index contributed by atoms with van der Waals surface area (Å²) in [5, 5.41) is 22.4. The minimum atomic E-state index is -0.625.